The molecule has 1 amide bonds. The number of hydrogen-bond donors (Lipinski definition) is 0. The minimum Gasteiger partial charge on any atom is -0.338 e. The van der Waals surface area contributed by atoms with E-state index in [-0.39, 0.29) is 18.9 Å². The molecule has 0 aromatic rings. The summed E-state index contributed by atoms with van der Waals surface area (Å²) in [5.74, 6) is -1.63. The molecule has 17 heavy (non-hydrogen) atoms. The zero-order valence-corrected chi connectivity index (χ0v) is 10.2. The second-order valence-electron chi connectivity index (χ2n) is 4.43. The lowest BCUT2D eigenvalue weighted by atomic mass is 9.97. The van der Waals surface area contributed by atoms with Gasteiger partial charge in [0, 0.05) is 18.7 Å². The number of carbonyl (C=O) groups is 1. The Balaban J connectivity index is 2.67. The number of alkyl halides is 3. The number of hydrogen-bond acceptors (Lipinski definition) is 1. The van der Waals surface area contributed by atoms with E-state index < -0.39 is 12.1 Å². The molecule has 0 spiro atoms. The molecule has 1 saturated heterocycles. The summed E-state index contributed by atoms with van der Waals surface area (Å²) in [5.41, 5.74) is 0.537. The van der Waals surface area contributed by atoms with Crippen LogP contribution in [0.15, 0.2) is 11.6 Å². The van der Waals surface area contributed by atoms with Crippen LogP contribution in [0.25, 0.3) is 0 Å². The highest BCUT2D eigenvalue weighted by Gasteiger charge is 2.42. The van der Waals surface area contributed by atoms with Crippen LogP contribution in [-0.2, 0) is 4.79 Å². The summed E-state index contributed by atoms with van der Waals surface area (Å²) < 4.78 is 37.7. The van der Waals surface area contributed by atoms with Gasteiger partial charge < -0.3 is 4.90 Å². The minimum absolute atomic E-state index is 0.129. The molecule has 0 bridgehead atoms. The third kappa shape index (κ3) is 3.75. The van der Waals surface area contributed by atoms with Gasteiger partial charge in [-0.15, -0.1) is 0 Å². The van der Waals surface area contributed by atoms with Crippen molar-refractivity contribution in [2.45, 2.75) is 39.3 Å². The van der Waals surface area contributed by atoms with Crippen LogP contribution in [0.1, 0.15) is 33.1 Å². The Bertz CT molecular complexity index is 309. The molecule has 0 unspecified atom stereocenters. The summed E-state index contributed by atoms with van der Waals surface area (Å²) in [4.78, 5) is 13.2. The fourth-order valence-electron chi connectivity index (χ4n) is 2.07. The molecule has 1 heterocycles. The van der Waals surface area contributed by atoms with Crippen molar-refractivity contribution in [3.8, 4) is 0 Å². The maximum Gasteiger partial charge on any atom is 0.393 e. The van der Waals surface area contributed by atoms with Gasteiger partial charge in [0.15, 0.2) is 0 Å². The van der Waals surface area contributed by atoms with Crippen molar-refractivity contribution in [2.24, 2.45) is 5.92 Å². The third-order valence-electron chi connectivity index (χ3n) is 3.02. The highest BCUT2D eigenvalue weighted by Crippen LogP contribution is 2.33. The number of rotatable bonds is 2. The molecule has 0 aromatic carbocycles. The largest absolute Gasteiger partial charge is 0.393 e. The van der Waals surface area contributed by atoms with Crippen molar-refractivity contribution in [1.82, 2.24) is 4.90 Å². The summed E-state index contributed by atoms with van der Waals surface area (Å²) >= 11 is 0. The molecule has 0 aromatic heterocycles. The molecule has 2 nitrogen and oxygen atoms in total. The van der Waals surface area contributed by atoms with E-state index in [2.05, 4.69) is 0 Å². The minimum atomic E-state index is -4.19. The van der Waals surface area contributed by atoms with Gasteiger partial charge in [0.2, 0.25) is 5.91 Å². The van der Waals surface area contributed by atoms with Crippen LogP contribution in [0.3, 0.4) is 0 Å². The summed E-state index contributed by atoms with van der Waals surface area (Å²) in [7, 11) is 0. The van der Waals surface area contributed by atoms with Gasteiger partial charge >= 0.3 is 6.18 Å². The molecular formula is C12H18F3NO. The fraction of sp³-hybridized carbons (Fsp3) is 0.750. The standard InChI is InChI=1S/C12H18F3NO/c1-3-5-9(2)11(17)16-7-4-6-10(8-16)12(13,14)15/h5,10H,3-4,6-8H2,1-2H3/b9-5+/t10-/m1/s1. The Morgan fingerprint density at radius 1 is 1.47 bits per heavy atom. The monoisotopic (exact) mass is 249 g/mol. The predicted molar refractivity (Wildman–Crippen MR) is 59.4 cm³/mol. The Morgan fingerprint density at radius 2 is 2.12 bits per heavy atom. The van der Waals surface area contributed by atoms with Crippen molar-refractivity contribution in [3.63, 3.8) is 0 Å². The number of nitrogens with zero attached hydrogens (tertiary/aromatic N) is 1. The van der Waals surface area contributed by atoms with Crippen molar-refractivity contribution < 1.29 is 18.0 Å². The summed E-state index contributed by atoms with van der Waals surface area (Å²) in [6.45, 7) is 3.78. The fourth-order valence-corrected chi connectivity index (χ4v) is 2.07. The van der Waals surface area contributed by atoms with Crippen molar-refractivity contribution >= 4 is 5.91 Å². The number of allylic oxidation sites excluding steroid dienone is 1. The van der Waals surface area contributed by atoms with Gasteiger partial charge in [0.05, 0.1) is 5.92 Å². The molecule has 0 radical (unpaired) electrons. The van der Waals surface area contributed by atoms with Gasteiger partial charge in [-0.2, -0.15) is 13.2 Å². The third-order valence-corrected chi connectivity index (χ3v) is 3.02. The van der Waals surface area contributed by atoms with Crippen LogP contribution >= 0.6 is 0 Å². The van der Waals surface area contributed by atoms with Crippen LogP contribution in [0.4, 0.5) is 13.2 Å². The predicted octanol–water partition coefficient (Wildman–Crippen LogP) is 3.14. The van der Waals surface area contributed by atoms with Crippen LogP contribution in [0, 0.1) is 5.92 Å². The first-order chi connectivity index (χ1) is 7.86. The van der Waals surface area contributed by atoms with E-state index in [9.17, 15) is 18.0 Å². The zero-order valence-electron chi connectivity index (χ0n) is 10.2. The van der Waals surface area contributed by atoms with Gasteiger partial charge in [-0.05, 0) is 26.2 Å². The lowest BCUT2D eigenvalue weighted by Crippen LogP contribution is -2.44. The van der Waals surface area contributed by atoms with E-state index in [0.29, 0.717) is 25.0 Å². The highest BCUT2D eigenvalue weighted by atomic mass is 19.4. The SMILES string of the molecule is CC/C=C(\C)C(=O)N1CCC[C@@H](C(F)(F)F)C1. The molecule has 1 aliphatic heterocycles. The van der Waals surface area contributed by atoms with Gasteiger partial charge in [-0.25, -0.2) is 0 Å². The van der Waals surface area contributed by atoms with Crippen molar-refractivity contribution in [2.75, 3.05) is 13.1 Å². The number of likely N-dealkylation sites (tertiary alicyclic amines) is 1. The normalized spacial score (nSPS) is 22.8. The lowest BCUT2D eigenvalue weighted by Gasteiger charge is -2.34. The van der Waals surface area contributed by atoms with E-state index in [0.717, 1.165) is 0 Å². The Morgan fingerprint density at radius 3 is 2.65 bits per heavy atom. The van der Waals surface area contributed by atoms with Crippen LogP contribution in [-0.4, -0.2) is 30.1 Å². The number of piperidine rings is 1. The molecule has 0 saturated carbocycles. The van der Waals surface area contributed by atoms with Crippen LogP contribution in [0.5, 0.6) is 0 Å². The molecule has 0 aliphatic carbocycles. The molecule has 1 fully saturated rings. The highest BCUT2D eigenvalue weighted by molar-refractivity contribution is 5.92. The summed E-state index contributed by atoms with van der Waals surface area (Å²) in [6.07, 6.45) is -1.17. The quantitative estimate of drug-likeness (QED) is 0.688. The topological polar surface area (TPSA) is 20.3 Å². The maximum atomic E-state index is 12.6. The molecule has 98 valence electrons. The Kier molecular flexibility index (Phi) is 4.60. The first-order valence-corrected chi connectivity index (χ1v) is 5.89. The molecule has 1 rings (SSSR count). The molecule has 1 atom stereocenters. The number of halogens is 3. The lowest BCUT2D eigenvalue weighted by molar-refractivity contribution is -0.187. The summed E-state index contributed by atoms with van der Waals surface area (Å²) in [5, 5.41) is 0. The second kappa shape index (κ2) is 5.56. The van der Waals surface area contributed by atoms with E-state index >= 15 is 0 Å². The Labute approximate surface area is 99.5 Å². The van der Waals surface area contributed by atoms with Gasteiger partial charge in [0.1, 0.15) is 0 Å². The van der Waals surface area contributed by atoms with E-state index in [4.69, 9.17) is 0 Å². The van der Waals surface area contributed by atoms with Gasteiger partial charge in [-0.3, -0.25) is 4.79 Å². The van der Waals surface area contributed by atoms with E-state index in [1.807, 2.05) is 6.92 Å². The van der Waals surface area contributed by atoms with Crippen molar-refractivity contribution in [3.05, 3.63) is 11.6 Å². The Hall–Kier alpha value is -1.00. The first-order valence-electron chi connectivity index (χ1n) is 5.89. The summed E-state index contributed by atoms with van der Waals surface area (Å²) in [6, 6.07) is 0. The smallest absolute Gasteiger partial charge is 0.338 e. The number of amides is 1. The molecular weight excluding hydrogens is 231 g/mol. The average molecular weight is 249 g/mol. The van der Waals surface area contributed by atoms with E-state index in [1.54, 1.807) is 13.0 Å². The second-order valence-corrected chi connectivity index (χ2v) is 4.43. The molecule has 5 heteroatoms. The first kappa shape index (κ1) is 14.1. The number of carbonyl (C=O) groups excluding carboxylic acids is 1. The van der Waals surface area contributed by atoms with Crippen LogP contribution in [0.2, 0.25) is 0 Å². The zero-order chi connectivity index (χ0) is 13.1. The van der Waals surface area contributed by atoms with Gasteiger partial charge in [-0.1, -0.05) is 13.0 Å². The van der Waals surface area contributed by atoms with Crippen molar-refractivity contribution in [1.29, 1.82) is 0 Å². The van der Waals surface area contributed by atoms with Gasteiger partial charge in [0.25, 0.3) is 0 Å². The average Bonchev–Trinajstić information content (AvgIpc) is 2.27. The van der Waals surface area contributed by atoms with E-state index in [1.165, 1.54) is 4.90 Å². The maximum absolute atomic E-state index is 12.6. The molecule has 1 aliphatic rings. The van der Waals surface area contributed by atoms with Crippen LogP contribution < -0.4 is 0 Å². The molecule has 0 N–H and O–H groups in total.